The van der Waals surface area contributed by atoms with Crippen molar-refractivity contribution < 1.29 is 42.1 Å². The molecule has 0 radical (unpaired) electrons. The lowest BCUT2D eigenvalue weighted by Gasteiger charge is -2.24. The highest BCUT2D eigenvalue weighted by Gasteiger charge is 2.27. The van der Waals surface area contributed by atoms with E-state index in [-0.39, 0.29) is 26.1 Å². The van der Waals surface area contributed by atoms with Gasteiger partial charge < -0.3 is 18.9 Å². The first-order valence-corrected chi connectivity index (χ1v) is 27.8. The van der Waals surface area contributed by atoms with Crippen LogP contribution in [0.4, 0.5) is 0 Å². The number of hydrogen-bond donors (Lipinski definition) is 1. The summed E-state index contributed by atoms with van der Waals surface area (Å²) in [5.41, 5.74) is 0. The SMILES string of the molecule is CC/C=C\C/C=C\C/C=C\C/C=C\C/C=C\C/C=C\C/C=C\CCCCCCCCCC(=O)OC(COC(=O)CCCCCCC/C=C\C/C=C\C/C=C\CC)COP(=O)(O)OCC[N+](C)(C)C. The van der Waals surface area contributed by atoms with Gasteiger partial charge in [-0.1, -0.05) is 187 Å². The van der Waals surface area contributed by atoms with E-state index >= 15 is 0 Å². The highest BCUT2D eigenvalue weighted by atomic mass is 31.2. The number of esters is 2. The Labute approximate surface area is 416 Å². The fourth-order valence-corrected chi connectivity index (χ4v) is 7.22. The fraction of sp³-hybridized carbons (Fsp3) is 0.621. The molecule has 0 aromatic heterocycles. The molecule has 386 valence electrons. The molecule has 0 fully saturated rings. The Morgan fingerprint density at radius 2 is 0.794 bits per heavy atom. The molecule has 10 heteroatoms. The quantitative estimate of drug-likeness (QED) is 0.0211. The van der Waals surface area contributed by atoms with Crippen molar-refractivity contribution in [1.29, 1.82) is 0 Å². The van der Waals surface area contributed by atoms with Crippen LogP contribution in [0.3, 0.4) is 0 Å². The summed E-state index contributed by atoms with van der Waals surface area (Å²) in [4.78, 5) is 35.6. The molecule has 0 amide bonds. The molecule has 0 heterocycles. The second-order valence-electron chi connectivity index (χ2n) is 18.1. The van der Waals surface area contributed by atoms with E-state index in [0.717, 1.165) is 122 Å². The van der Waals surface area contributed by atoms with Crippen LogP contribution >= 0.6 is 7.82 Å². The van der Waals surface area contributed by atoms with Gasteiger partial charge in [-0.05, 0) is 103 Å². The fourth-order valence-electron chi connectivity index (χ4n) is 6.48. The molecule has 0 saturated heterocycles. The largest absolute Gasteiger partial charge is 0.472 e. The number of phosphoric ester groups is 1. The van der Waals surface area contributed by atoms with Gasteiger partial charge in [0.15, 0.2) is 6.10 Å². The van der Waals surface area contributed by atoms with Gasteiger partial charge in [-0.2, -0.15) is 0 Å². The van der Waals surface area contributed by atoms with Gasteiger partial charge in [0.05, 0.1) is 27.7 Å². The molecule has 2 unspecified atom stereocenters. The van der Waals surface area contributed by atoms with Crippen LogP contribution < -0.4 is 0 Å². The third-order valence-corrected chi connectivity index (χ3v) is 11.5. The zero-order valence-electron chi connectivity index (χ0n) is 43.5. The Bertz CT molecular complexity index is 1560. The van der Waals surface area contributed by atoms with E-state index in [1.165, 1.54) is 19.3 Å². The molecule has 0 saturated carbocycles. The Hall–Kier alpha value is -3.59. The van der Waals surface area contributed by atoms with E-state index in [4.69, 9.17) is 18.5 Å². The number of nitrogens with zero attached hydrogens (tertiary/aromatic N) is 1. The number of allylic oxidation sites excluding steroid dienone is 20. The average Bonchev–Trinajstić information content (AvgIpc) is 3.30. The Morgan fingerprint density at radius 1 is 0.456 bits per heavy atom. The number of quaternary nitrogens is 1. The lowest BCUT2D eigenvalue weighted by Crippen LogP contribution is -2.37. The number of ether oxygens (including phenoxy) is 2. The van der Waals surface area contributed by atoms with Gasteiger partial charge in [0.2, 0.25) is 0 Å². The van der Waals surface area contributed by atoms with Crippen LogP contribution in [0.25, 0.3) is 0 Å². The van der Waals surface area contributed by atoms with Gasteiger partial charge in [0.25, 0.3) is 0 Å². The van der Waals surface area contributed by atoms with Crippen molar-refractivity contribution in [2.45, 2.75) is 187 Å². The maximum Gasteiger partial charge on any atom is 0.472 e. The summed E-state index contributed by atoms with van der Waals surface area (Å²) in [6.45, 7) is 4.14. The van der Waals surface area contributed by atoms with E-state index in [9.17, 15) is 19.0 Å². The molecule has 0 rings (SSSR count). The number of hydrogen-bond acceptors (Lipinski definition) is 7. The summed E-state index contributed by atoms with van der Waals surface area (Å²) in [5.74, 6) is -0.842. The molecule has 0 bridgehead atoms. The van der Waals surface area contributed by atoms with Crippen molar-refractivity contribution in [3.05, 3.63) is 122 Å². The molecule has 0 spiro atoms. The smallest absolute Gasteiger partial charge is 0.462 e. The van der Waals surface area contributed by atoms with Crippen molar-refractivity contribution >= 4 is 19.8 Å². The van der Waals surface area contributed by atoms with E-state index in [2.05, 4.69) is 135 Å². The molecular formula is C58H97NO8P+. The van der Waals surface area contributed by atoms with Crippen molar-refractivity contribution in [2.75, 3.05) is 47.5 Å². The minimum Gasteiger partial charge on any atom is -0.462 e. The molecule has 9 nitrogen and oxygen atoms in total. The zero-order chi connectivity index (χ0) is 49.9. The van der Waals surface area contributed by atoms with Gasteiger partial charge in [-0.15, -0.1) is 0 Å². The van der Waals surface area contributed by atoms with Crippen LogP contribution in [0.15, 0.2) is 122 Å². The van der Waals surface area contributed by atoms with E-state index in [1.54, 1.807) is 0 Å². The summed E-state index contributed by atoms with van der Waals surface area (Å²) >= 11 is 0. The van der Waals surface area contributed by atoms with E-state index in [0.29, 0.717) is 23.9 Å². The summed E-state index contributed by atoms with van der Waals surface area (Å²) in [6, 6.07) is 0. The lowest BCUT2D eigenvalue weighted by atomic mass is 10.1. The topological polar surface area (TPSA) is 108 Å². The minimum absolute atomic E-state index is 0.0191. The van der Waals surface area contributed by atoms with E-state index < -0.39 is 32.5 Å². The van der Waals surface area contributed by atoms with Gasteiger partial charge in [0, 0.05) is 12.8 Å². The number of carbonyl (C=O) groups excluding carboxylic acids is 2. The second-order valence-corrected chi connectivity index (χ2v) is 19.6. The molecule has 2 atom stereocenters. The number of carbonyl (C=O) groups is 2. The van der Waals surface area contributed by atoms with E-state index in [1.807, 2.05) is 21.1 Å². The first-order valence-electron chi connectivity index (χ1n) is 26.3. The first kappa shape index (κ1) is 64.4. The predicted octanol–water partition coefficient (Wildman–Crippen LogP) is 16.0. The third-order valence-electron chi connectivity index (χ3n) is 10.5. The Kier molecular flexibility index (Phi) is 45.9. The summed E-state index contributed by atoms with van der Waals surface area (Å²) < 4.78 is 34.4. The monoisotopic (exact) mass is 967 g/mol. The van der Waals surface area contributed by atoms with Crippen molar-refractivity contribution in [3.8, 4) is 0 Å². The molecule has 0 aliphatic carbocycles. The maximum atomic E-state index is 12.8. The van der Waals surface area contributed by atoms with Gasteiger partial charge >= 0.3 is 19.8 Å². The molecular weight excluding hydrogens is 870 g/mol. The van der Waals surface area contributed by atoms with Gasteiger partial charge in [-0.25, -0.2) is 4.57 Å². The highest BCUT2D eigenvalue weighted by molar-refractivity contribution is 7.47. The summed E-state index contributed by atoms with van der Waals surface area (Å²) in [7, 11) is 1.44. The average molecular weight is 967 g/mol. The second kappa shape index (κ2) is 48.4. The predicted molar refractivity (Wildman–Crippen MR) is 288 cm³/mol. The summed E-state index contributed by atoms with van der Waals surface area (Å²) in [5, 5.41) is 0. The van der Waals surface area contributed by atoms with Gasteiger partial charge in [-0.3, -0.25) is 18.6 Å². The Balaban J connectivity index is 4.28. The molecule has 0 aliphatic rings. The normalized spacial score (nSPS) is 14.4. The van der Waals surface area contributed by atoms with Crippen LogP contribution in [0.1, 0.15) is 181 Å². The third kappa shape index (κ3) is 51.8. The number of unbranched alkanes of at least 4 members (excludes halogenated alkanes) is 12. The van der Waals surface area contributed by atoms with Crippen LogP contribution in [0.2, 0.25) is 0 Å². The molecule has 68 heavy (non-hydrogen) atoms. The minimum atomic E-state index is -4.40. The van der Waals surface area contributed by atoms with Crippen molar-refractivity contribution in [3.63, 3.8) is 0 Å². The van der Waals surface area contributed by atoms with Crippen LogP contribution in [-0.2, 0) is 32.7 Å². The van der Waals surface area contributed by atoms with Crippen molar-refractivity contribution in [2.24, 2.45) is 0 Å². The van der Waals surface area contributed by atoms with Gasteiger partial charge in [0.1, 0.15) is 19.8 Å². The van der Waals surface area contributed by atoms with Crippen LogP contribution in [0, 0.1) is 0 Å². The zero-order valence-corrected chi connectivity index (χ0v) is 44.4. The standard InChI is InChI=1S/C58H96NO8P/c1-6-8-10-12-14-16-18-20-22-23-24-25-26-27-28-29-30-31-32-33-34-35-37-39-41-43-45-47-49-51-58(61)67-56(55-66-68(62,63)65-53-52-59(3,4)5)54-64-57(60)50-48-46-44-42-40-38-36-21-19-17-15-13-11-9-7-2/h8-11,14-17,20-22,24-25,27-28,30-31,33-34,36,56H,6-7,12-13,18-19,23,26,29,32,35,37-55H2,1-5H3/p+1/b10-8-,11-9-,16-14-,17-15-,22-20-,25-24-,28-27-,31-30-,34-33-,36-21-. The number of phosphoric acid groups is 1. The van der Waals surface area contributed by atoms with Crippen LogP contribution in [-0.4, -0.2) is 74.9 Å². The number of rotatable bonds is 46. The van der Waals surface area contributed by atoms with Crippen molar-refractivity contribution in [1.82, 2.24) is 0 Å². The summed E-state index contributed by atoms with van der Waals surface area (Å²) in [6.07, 6.45) is 68.3. The molecule has 0 aliphatic heterocycles. The molecule has 0 aromatic carbocycles. The maximum absolute atomic E-state index is 12.8. The Morgan fingerprint density at radius 3 is 1.18 bits per heavy atom. The first-order chi connectivity index (χ1) is 33.0. The lowest BCUT2D eigenvalue weighted by molar-refractivity contribution is -0.870. The highest BCUT2D eigenvalue weighted by Crippen LogP contribution is 2.43. The molecule has 0 aromatic rings. The van der Waals surface area contributed by atoms with Crippen LogP contribution in [0.5, 0.6) is 0 Å². The molecule has 1 N–H and O–H groups in total. The number of likely N-dealkylation sites (N-methyl/N-ethyl adjacent to an activating group) is 1.